The third-order valence-electron chi connectivity index (χ3n) is 26.7. The summed E-state index contributed by atoms with van der Waals surface area (Å²) in [4.78, 5) is 9.42. The van der Waals surface area contributed by atoms with Gasteiger partial charge in [-0.1, -0.05) is 234 Å². The monoisotopic (exact) mass is 1870 g/mol. The van der Waals surface area contributed by atoms with Gasteiger partial charge < -0.3 is 58.7 Å². The molecule has 0 fully saturated rings. The van der Waals surface area contributed by atoms with Crippen molar-refractivity contribution in [2.45, 2.75) is 279 Å². The fourth-order valence-electron chi connectivity index (χ4n) is 20.2. The zero-order chi connectivity index (χ0) is 98.6. The summed E-state index contributed by atoms with van der Waals surface area (Å²) < 4.78 is 33.3. The fraction of sp³-hybridized carbons (Fsp3) is 0.524. The molecule has 7 aliphatic heterocycles. The van der Waals surface area contributed by atoms with Crippen LogP contribution in [0.5, 0.6) is 34.5 Å². The molecule has 0 aromatic heterocycles. The fourth-order valence-corrected chi connectivity index (χ4v) is 20.2. The molecule has 0 saturated heterocycles. The van der Waals surface area contributed by atoms with Gasteiger partial charge in [-0.3, -0.25) is 0 Å². The molecule has 0 amide bonds. The molecule has 9 aliphatic rings. The number of rotatable bonds is 22. The molecule has 2 N–H and O–H groups in total. The van der Waals surface area contributed by atoms with Gasteiger partial charge in [-0.25, -0.2) is 0 Å². The predicted octanol–water partition coefficient (Wildman–Crippen LogP) is 29.7. The molecule has 0 atom stereocenters. The first-order valence-corrected chi connectivity index (χ1v) is 53.7. The van der Waals surface area contributed by atoms with Crippen molar-refractivity contribution < 1.29 is 28.4 Å². The number of anilines is 6. The van der Waals surface area contributed by atoms with Gasteiger partial charge in [0.15, 0.2) is 0 Å². The average molecular weight is 1870 g/mol. The van der Waals surface area contributed by atoms with Crippen molar-refractivity contribution >= 4 is 34.1 Å². The van der Waals surface area contributed by atoms with Crippen molar-refractivity contribution in [3.63, 3.8) is 0 Å². The molecule has 10 aromatic rings. The van der Waals surface area contributed by atoms with Gasteiger partial charge in [0.25, 0.3) is 0 Å². The Hall–Kier alpha value is -10.2. The highest BCUT2D eigenvalue weighted by Gasteiger charge is 2.24. The van der Waals surface area contributed by atoms with Gasteiger partial charge in [0.05, 0.1) is 56.1 Å². The Morgan fingerprint density at radius 1 is 0.261 bits per heavy atom. The van der Waals surface area contributed by atoms with Crippen molar-refractivity contribution in [2.75, 3.05) is 130 Å². The predicted molar refractivity (Wildman–Crippen MR) is 591 cm³/mol. The van der Waals surface area contributed by atoms with Gasteiger partial charge >= 0.3 is 0 Å². The number of nitrogens with one attached hydrogen (secondary N) is 2. The Balaban J connectivity index is 0.000000150. The first-order chi connectivity index (χ1) is 66.5. The van der Waals surface area contributed by atoms with Crippen LogP contribution < -0.4 is 58.7 Å². The number of benzene rings is 10. The van der Waals surface area contributed by atoms with Gasteiger partial charge in [0, 0.05) is 58.2 Å². The summed E-state index contributed by atoms with van der Waals surface area (Å²) in [5.74, 6) is 12.7. The molecule has 7 heterocycles. The first-order valence-electron chi connectivity index (χ1n) is 53.7. The molecule has 0 radical (unpaired) electrons. The zero-order valence-electron chi connectivity index (χ0n) is 89.6. The highest BCUT2D eigenvalue weighted by molar-refractivity contribution is 5.65. The number of hydrogen-bond acceptors (Lipinski definition) is 12. The van der Waals surface area contributed by atoms with E-state index in [9.17, 15) is 0 Å². The third kappa shape index (κ3) is 35.5. The smallest absolute Gasteiger partial charge is 0.142 e. The number of likely N-dealkylation sites (N-methyl/N-ethyl adjacent to an activating group) is 3. The molecule has 0 saturated carbocycles. The minimum absolute atomic E-state index is 0.698. The lowest BCUT2D eigenvalue weighted by atomic mass is 9.89. The van der Waals surface area contributed by atoms with Crippen LogP contribution in [0.25, 0.3) is 0 Å². The van der Waals surface area contributed by atoms with E-state index in [4.69, 9.17) is 28.4 Å². The molecule has 0 bridgehead atoms. The second-order valence-corrected chi connectivity index (χ2v) is 43.9. The first kappa shape index (κ1) is 108. The van der Waals surface area contributed by atoms with Crippen LogP contribution in [0.15, 0.2) is 188 Å². The van der Waals surface area contributed by atoms with E-state index in [0.717, 1.165) is 181 Å². The number of nitrogens with zero attached hydrogens (tertiary/aromatic N) is 4. The van der Waals surface area contributed by atoms with E-state index in [2.05, 4.69) is 352 Å². The second kappa shape index (κ2) is 55.7. The summed E-state index contributed by atoms with van der Waals surface area (Å²) in [5.41, 5.74) is 32.8. The van der Waals surface area contributed by atoms with Crippen LogP contribution in [0.2, 0.25) is 0 Å². The Labute approximate surface area is 837 Å². The second-order valence-electron chi connectivity index (χ2n) is 43.9. The van der Waals surface area contributed by atoms with Crippen molar-refractivity contribution in [3.05, 3.63) is 283 Å². The zero-order valence-corrected chi connectivity index (χ0v) is 89.6. The van der Waals surface area contributed by atoms with Crippen molar-refractivity contribution in [3.8, 4) is 34.5 Å². The molecule has 138 heavy (non-hydrogen) atoms. The van der Waals surface area contributed by atoms with Crippen LogP contribution in [-0.4, -0.2) is 100 Å². The maximum atomic E-state index is 5.67. The van der Waals surface area contributed by atoms with Crippen LogP contribution in [0.3, 0.4) is 0 Å². The van der Waals surface area contributed by atoms with Crippen molar-refractivity contribution in [1.29, 1.82) is 0 Å². The van der Waals surface area contributed by atoms with E-state index >= 15 is 0 Å². The number of hydrogen-bond donors (Lipinski definition) is 2. The summed E-state index contributed by atoms with van der Waals surface area (Å²) in [6.45, 7) is 55.2. The van der Waals surface area contributed by atoms with Crippen LogP contribution in [0.1, 0.15) is 265 Å². The summed E-state index contributed by atoms with van der Waals surface area (Å²) in [6.07, 6.45) is 27.2. The van der Waals surface area contributed by atoms with Crippen molar-refractivity contribution in [1.82, 2.24) is 0 Å². The third-order valence-corrected chi connectivity index (χ3v) is 26.7. The maximum absolute atomic E-state index is 5.67. The Kier molecular flexibility index (Phi) is 43.7. The molecular weight excluding hydrogens is 1690 g/mol. The van der Waals surface area contributed by atoms with Crippen LogP contribution >= 0.6 is 0 Å². The average Bonchev–Trinajstić information content (AvgIpc) is 1.34. The summed E-state index contributed by atoms with van der Waals surface area (Å²) in [6, 6.07) is 69.4. The van der Waals surface area contributed by atoms with Gasteiger partial charge in [-0.05, 0) is 375 Å². The Bertz CT molecular complexity index is 5050. The minimum atomic E-state index is 0.698. The van der Waals surface area contributed by atoms with Crippen LogP contribution in [-0.2, 0) is 109 Å². The molecule has 10 aromatic carbocycles. The van der Waals surface area contributed by atoms with E-state index in [1.165, 1.54) is 210 Å². The van der Waals surface area contributed by atoms with E-state index < -0.39 is 0 Å². The highest BCUT2D eigenvalue weighted by atomic mass is 16.5. The van der Waals surface area contributed by atoms with E-state index in [-0.39, 0.29) is 0 Å². The molecule has 748 valence electrons. The quantitative estimate of drug-likeness (QED) is 0.0677. The van der Waals surface area contributed by atoms with Crippen LogP contribution in [0, 0.1) is 53.3 Å². The lowest BCUT2D eigenvalue weighted by Gasteiger charge is -2.32. The summed E-state index contributed by atoms with van der Waals surface area (Å²) in [7, 11) is 5.95. The molecule has 2 aliphatic carbocycles. The lowest BCUT2D eigenvalue weighted by molar-refractivity contribution is 0.288. The standard InChI is InChI=1S/C21H27NO.C14H21NO.C14H20.2C13H19NO.C13H19N.C13H18O.C13H18.C12H17NO/c1-16(2)13-18-8-11-21-19(14-18)5-4-12-22(21)15-17-6-9-20(23-3)10-7-17;1-4-15-7-8-16-14-6-5-12(9-11(2)3)10-13(14)15;1-11(2)9-12-7-8-13-5-3-4-6-14(13)10-12;1-10(2)8-11-4-5-13-12(9-11)14(3)6-7-15-13;1-10(2)8-11-4-5-12-13(9-11)15-7-6-14(12)3;1-10(2)8-11-5-6-12-4-3-7-14-13(12)9-11;1-10(2)8-11-5-6-13-12(9-11)4-3-7-14-13;1-10(2)8-11-6-7-12-4-3-5-13(12)9-11;1-9(2)7-10-3-4-12-11(8-10)13-5-6-14-12/h6-11,14,16H,4-5,12-13,15H2,1-3H3;5-6,10-11H,4,7-9H2,1-3H3;7-8,10-11H,3-6,9H2,1-2H3;2*4-5,9-10H,6-8H2,1-3H3;5-6,9-10,14H,3-4,7-8H2,1-2H3;5-6,9-10H,3-4,7-8H2,1-2H3;6-7,9-10H,3-5,8H2,1-2H3;3-4,8-9,13H,5-7H2,1-2H3. The van der Waals surface area contributed by atoms with E-state index in [0.29, 0.717) is 29.6 Å². The molecule has 0 spiro atoms. The van der Waals surface area contributed by atoms with E-state index in [1.54, 1.807) is 29.4 Å². The molecule has 12 heteroatoms. The number of aryl methyl sites for hydroxylation is 7. The maximum Gasteiger partial charge on any atom is 0.142 e. The van der Waals surface area contributed by atoms with Gasteiger partial charge in [-0.2, -0.15) is 0 Å². The van der Waals surface area contributed by atoms with Gasteiger partial charge in [0.1, 0.15) is 60.9 Å². The van der Waals surface area contributed by atoms with E-state index in [1.807, 2.05) is 12.1 Å². The Morgan fingerprint density at radius 2 is 0.630 bits per heavy atom. The van der Waals surface area contributed by atoms with Crippen LogP contribution in [0.4, 0.5) is 34.1 Å². The van der Waals surface area contributed by atoms with Gasteiger partial charge in [0.2, 0.25) is 0 Å². The molecule has 19 rings (SSSR count). The lowest BCUT2D eigenvalue weighted by Crippen LogP contribution is -2.32. The molecule has 12 nitrogen and oxygen atoms in total. The van der Waals surface area contributed by atoms with Gasteiger partial charge in [-0.15, -0.1) is 0 Å². The van der Waals surface area contributed by atoms with Crippen molar-refractivity contribution in [2.24, 2.45) is 53.3 Å². The minimum Gasteiger partial charge on any atom is -0.497 e. The normalized spacial score (nSPS) is 14.9. The summed E-state index contributed by atoms with van der Waals surface area (Å²) >= 11 is 0. The topological polar surface area (TPSA) is 92.4 Å². The summed E-state index contributed by atoms with van der Waals surface area (Å²) in [5, 5.41) is 6.83. The SMILES string of the molecule is CC(C)Cc1ccc2c(c1)CCC2.CC(C)Cc1ccc2c(c1)CCCC2.CC(C)Cc1ccc2c(c1)CCCO2.CC(C)Cc1ccc2c(c1)N(C)CCO2.CC(C)Cc1ccc2c(c1)NCCC2.CC(C)Cc1ccc2c(c1)NCCO2.CC(C)Cc1ccc2c(c1)OCCN2C.CCN1CCOc2ccc(CC(C)C)cc21.COc1ccc(CN2CCCc3cc(CC(C)C)ccc32)cc1. The number of ether oxygens (including phenoxy) is 6. The highest BCUT2D eigenvalue weighted by Crippen LogP contribution is 2.39. The Morgan fingerprint density at radius 3 is 1.17 bits per heavy atom. The number of fused-ring (bicyclic) bond motifs is 9. The largest absolute Gasteiger partial charge is 0.497 e. The molecule has 0 unspecified atom stereocenters. The molecular formula is C126H178N6O6. The number of methoxy groups -OCH3 is 1.